The Morgan fingerprint density at radius 3 is 2.62 bits per heavy atom. The zero-order chi connectivity index (χ0) is 14.8. The number of hydrogen-bond acceptors (Lipinski definition) is 2. The predicted molar refractivity (Wildman–Crippen MR) is 78.6 cm³/mol. The molecule has 4 heteroatoms. The van der Waals surface area contributed by atoms with Crippen LogP contribution in [0.4, 0.5) is 4.39 Å². The number of nitrogens with one attached hydrogen (secondary N) is 1. The van der Waals surface area contributed by atoms with Gasteiger partial charge in [0.05, 0.1) is 7.11 Å². The molecule has 1 aromatic heterocycles. The zero-order valence-electron chi connectivity index (χ0n) is 11.5. The Morgan fingerprint density at radius 1 is 1.14 bits per heavy atom. The van der Waals surface area contributed by atoms with Crippen LogP contribution in [0.1, 0.15) is 17.2 Å². The third kappa shape index (κ3) is 2.52. The van der Waals surface area contributed by atoms with Gasteiger partial charge in [0.25, 0.3) is 0 Å². The Bertz CT molecular complexity index is 780. The minimum absolute atomic E-state index is 0.303. The maximum Gasteiger partial charge on any atom is 0.319 e. The molecule has 106 valence electrons. The average molecular weight is 283 g/mol. The number of H-pyrrole nitrogens is 1. The van der Waals surface area contributed by atoms with Gasteiger partial charge >= 0.3 is 5.97 Å². The van der Waals surface area contributed by atoms with E-state index in [1.54, 1.807) is 12.1 Å². The monoisotopic (exact) mass is 283 g/mol. The third-order valence-electron chi connectivity index (χ3n) is 3.48. The Labute approximate surface area is 121 Å². The van der Waals surface area contributed by atoms with E-state index in [0.717, 1.165) is 16.5 Å². The molecule has 2 aromatic carbocycles. The zero-order valence-corrected chi connectivity index (χ0v) is 11.5. The minimum atomic E-state index is -0.549. The summed E-state index contributed by atoms with van der Waals surface area (Å²) in [5.74, 6) is -1.21. The quantitative estimate of drug-likeness (QED) is 0.746. The second-order valence-electron chi connectivity index (χ2n) is 4.82. The highest BCUT2D eigenvalue weighted by molar-refractivity contribution is 5.86. The van der Waals surface area contributed by atoms with Gasteiger partial charge in [0.15, 0.2) is 0 Å². The van der Waals surface area contributed by atoms with E-state index in [1.807, 2.05) is 30.3 Å². The van der Waals surface area contributed by atoms with Gasteiger partial charge in [-0.3, -0.25) is 4.79 Å². The minimum Gasteiger partial charge on any atom is -0.468 e. The number of carbonyl (C=O) groups is 1. The maximum atomic E-state index is 13.3. The number of rotatable bonds is 3. The first-order valence-corrected chi connectivity index (χ1v) is 6.60. The SMILES string of the molecule is COC(=O)C(c1ccccc1)c1cc2cc(F)ccc2[nH]1. The topological polar surface area (TPSA) is 42.1 Å². The van der Waals surface area contributed by atoms with Crippen LogP contribution in [0.5, 0.6) is 0 Å². The summed E-state index contributed by atoms with van der Waals surface area (Å²) in [6.45, 7) is 0. The highest BCUT2D eigenvalue weighted by Crippen LogP contribution is 2.28. The summed E-state index contributed by atoms with van der Waals surface area (Å²) >= 11 is 0. The lowest BCUT2D eigenvalue weighted by Gasteiger charge is -2.13. The van der Waals surface area contributed by atoms with Gasteiger partial charge in [-0.2, -0.15) is 0 Å². The number of esters is 1. The van der Waals surface area contributed by atoms with Gasteiger partial charge in [0.2, 0.25) is 0 Å². The van der Waals surface area contributed by atoms with Crippen molar-refractivity contribution in [3.63, 3.8) is 0 Å². The summed E-state index contributed by atoms with van der Waals surface area (Å²) in [6.07, 6.45) is 0. The van der Waals surface area contributed by atoms with Crippen molar-refractivity contribution in [2.75, 3.05) is 7.11 Å². The number of hydrogen-bond donors (Lipinski definition) is 1. The second kappa shape index (κ2) is 5.40. The summed E-state index contributed by atoms with van der Waals surface area (Å²) in [7, 11) is 1.36. The van der Waals surface area contributed by atoms with Crippen molar-refractivity contribution >= 4 is 16.9 Å². The van der Waals surface area contributed by atoms with Crippen LogP contribution < -0.4 is 0 Å². The van der Waals surface area contributed by atoms with Crippen LogP contribution in [0.15, 0.2) is 54.6 Å². The third-order valence-corrected chi connectivity index (χ3v) is 3.48. The number of carbonyl (C=O) groups excluding carboxylic acids is 1. The normalized spacial score (nSPS) is 12.3. The van der Waals surface area contributed by atoms with Crippen molar-refractivity contribution in [2.45, 2.75) is 5.92 Å². The van der Waals surface area contributed by atoms with Crippen molar-refractivity contribution in [1.82, 2.24) is 4.98 Å². The Morgan fingerprint density at radius 2 is 1.90 bits per heavy atom. The molecule has 0 fully saturated rings. The Hall–Kier alpha value is -2.62. The molecule has 3 nitrogen and oxygen atoms in total. The van der Waals surface area contributed by atoms with Crippen LogP contribution >= 0.6 is 0 Å². The van der Waals surface area contributed by atoms with Crippen molar-refractivity contribution in [3.05, 3.63) is 71.7 Å². The molecule has 1 atom stereocenters. The standard InChI is InChI=1S/C17H14FNO2/c1-21-17(20)16(11-5-3-2-4-6-11)15-10-12-9-13(18)7-8-14(12)19-15/h2-10,16,19H,1H3. The molecule has 1 unspecified atom stereocenters. The van der Waals surface area contributed by atoms with Gasteiger partial charge in [0.1, 0.15) is 11.7 Å². The van der Waals surface area contributed by atoms with Gasteiger partial charge in [0, 0.05) is 16.6 Å². The lowest BCUT2D eigenvalue weighted by Crippen LogP contribution is -2.15. The first kappa shape index (κ1) is 13.4. The molecule has 0 radical (unpaired) electrons. The lowest BCUT2D eigenvalue weighted by molar-refractivity contribution is -0.141. The fourth-order valence-corrected chi connectivity index (χ4v) is 2.49. The molecule has 0 aliphatic rings. The molecule has 3 rings (SSSR count). The molecule has 3 aromatic rings. The second-order valence-corrected chi connectivity index (χ2v) is 4.82. The van der Waals surface area contributed by atoms with Gasteiger partial charge in [-0.05, 0) is 29.8 Å². The molecule has 0 saturated carbocycles. The molecule has 0 spiro atoms. The summed E-state index contributed by atoms with van der Waals surface area (Å²) in [5.41, 5.74) is 2.31. The number of ether oxygens (including phenoxy) is 1. The Kier molecular flexibility index (Phi) is 3.44. The number of aromatic nitrogens is 1. The molecule has 0 aliphatic heterocycles. The molecule has 0 aliphatic carbocycles. The highest BCUT2D eigenvalue weighted by atomic mass is 19.1. The van der Waals surface area contributed by atoms with Crippen molar-refractivity contribution in [2.24, 2.45) is 0 Å². The maximum absolute atomic E-state index is 13.3. The molecule has 0 saturated heterocycles. The molecular formula is C17H14FNO2. The van der Waals surface area contributed by atoms with E-state index < -0.39 is 5.92 Å². The van der Waals surface area contributed by atoms with Crippen LogP contribution in [0, 0.1) is 5.82 Å². The van der Waals surface area contributed by atoms with Gasteiger partial charge in [-0.1, -0.05) is 30.3 Å². The van der Waals surface area contributed by atoms with Crippen LogP contribution in [0.3, 0.4) is 0 Å². The summed E-state index contributed by atoms with van der Waals surface area (Å²) in [5, 5.41) is 0.731. The van der Waals surface area contributed by atoms with Crippen LogP contribution in [0.25, 0.3) is 10.9 Å². The van der Waals surface area contributed by atoms with Gasteiger partial charge in [-0.15, -0.1) is 0 Å². The number of methoxy groups -OCH3 is 1. The molecule has 1 heterocycles. The highest BCUT2D eigenvalue weighted by Gasteiger charge is 2.25. The van der Waals surface area contributed by atoms with Crippen molar-refractivity contribution < 1.29 is 13.9 Å². The largest absolute Gasteiger partial charge is 0.468 e. The molecule has 21 heavy (non-hydrogen) atoms. The smallest absolute Gasteiger partial charge is 0.319 e. The van der Waals surface area contributed by atoms with E-state index in [9.17, 15) is 9.18 Å². The van der Waals surface area contributed by atoms with Gasteiger partial charge < -0.3 is 9.72 Å². The van der Waals surface area contributed by atoms with Crippen LogP contribution in [-0.2, 0) is 9.53 Å². The fourth-order valence-electron chi connectivity index (χ4n) is 2.49. The van der Waals surface area contributed by atoms with Crippen LogP contribution in [-0.4, -0.2) is 18.1 Å². The molecule has 0 bridgehead atoms. The van der Waals surface area contributed by atoms with Gasteiger partial charge in [-0.25, -0.2) is 4.39 Å². The lowest BCUT2D eigenvalue weighted by atomic mass is 9.96. The van der Waals surface area contributed by atoms with E-state index in [0.29, 0.717) is 5.69 Å². The molecule has 1 N–H and O–H groups in total. The van der Waals surface area contributed by atoms with E-state index in [-0.39, 0.29) is 11.8 Å². The summed E-state index contributed by atoms with van der Waals surface area (Å²) in [4.78, 5) is 15.3. The Balaban J connectivity index is 2.12. The fraction of sp³-hybridized carbons (Fsp3) is 0.118. The van der Waals surface area contributed by atoms with E-state index in [1.165, 1.54) is 19.2 Å². The van der Waals surface area contributed by atoms with Crippen molar-refractivity contribution in [1.29, 1.82) is 0 Å². The van der Waals surface area contributed by atoms with E-state index in [2.05, 4.69) is 4.98 Å². The van der Waals surface area contributed by atoms with Crippen LogP contribution in [0.2, 0.25) is 0 Å². The number of fused-ring (bicyclic) bond motifs is 1. The summed E-state index contributed by atoms with van der Waals surface area (Å²) < 4.78 is 18.2. The average Bonchev–Trinajstić information content (AvgIpc) is 2.90. The number of benzene rings is 2. The predicted octanol–water partition coefficient (Wildman–Crippen LogP) is 3.61. The number of halogens is 1. The molecular weight excluding hydrogens is 269 g/mol. The number of aromatic amines is 1. The first-order chi connectivity index (χ1) is 10.2. The van der Waals surface area contributed by atoms with E-state index >= 15 is 0 Å². The first-order valence-electron chi connectivity index (χ1n) is 6.60. The van der Waals surface area contributed by atoms with Crippen molar-refractivity contribution in [3.8, 4) is 0 Å². The van der Waals surface area contributed by atoms with E-state index in [4.69, 9.17) is 4.74 Å². The summed E-state index contributed by atoms with van der Waals surface area (Å²) in [6, 6.07) is 15.6. The molecule has 0 amide bonds.